The summed E-state index contributed by atoms with van der Waals surface area (Å²) in [5.41, 5.74) is 0.906. The molecule has 0 fully saturated rings. The van der Waals surface area contributed by atoms with Crippen LogP contribution in [0.2, 0.25) is 5.02 Å². The van der Waals surface area contributed by atoms with Gasteiger partial charge in [-0.1, -0.05) is 47.4 Å². The highest BCUT2D eigenvalue weighted by Crippen LogP contribution is 2.29. The van der Waals surface area contributed by atoms with Crippen LogP contribution in [0.25, 0.3) is 0 Å². The lowest BCUT2D eigenvalue weighted by Crippen LogP contribution is -2.02. The summed E-state index contributed by atoms with van der Waals surface area (Å²) in [4.78, 5) is 0. The maximum absolute atomic E-state index is 9.89. The molecule has 0 aliphatic heterocycles. The minimum Gasteiger partial charge on any atom is -0.388 e. The van der Waals surface area contributed by atoms with Gasteiger partial charge >= 0.3 is 0 Å². The number of halogens is 2. The van der Waals surface area contributed by atoms with Gasteiger partial charge in [0.2, 0.25) is 0 Å². The Hall–Kier alpha value is -0.0500. The van der Waals surface area contributed by atoms with Crippen LogP contribution in [0.5, 0.6) is 0 Å². The van der Waals surface area contributed by atoms with Gasteiger partial charge in [0.05, 0.1) is 6.10 Å². The summed E-state index contributed by atoms with van der Waals surface area (Å²) in [7, 11) is 0. The van der Waals surface area contributed by atoms with Crippen LogP contribution in [0.3, 0.4) is 0 Å². The number of rotatable bonds is 3. The first-order valence-corrected chi connectivity index (χ1v) is 5.81. The summed E-state index contributed by atoms with van der Waals surface area (Å²) in [6.07, 6.45) is 0.349. The zero-order valence-corrected chi connectivity index (χ0v) is 10.6. The molecule has 0 spiro atoms. The molecule has 1 rings (SSSR count). The van der Waals surface area contributed by atoms with Crippen molar-refractivity contribution in [3.63, 3.8) is 0 Å². The van der Waals surface area contributed by atoms with Crippen LogP contribution < -0.4 is 0 Å². The topological polar surface area (TPSA) is 20.2 Å². The molecule has 0 aromatic heterocycles. The Kier molecular flexibility index (Phi) is 4.42. The zero-order chi connectivity index (χ0) is 10.7. The fraction of sp³-hybridized carbons (Fsp3) is 0.455. The first kappa shape index (κ1) is 12.0. The van der Waals surface area contributed by atoms with E-state index in [1.807, 2.05) is 6.07 Å². The number of benzene rings is 1. The lowest BCUT2D eigenvalue weighted by Gasteiger charge is -2.14. The molecule has 0 radical (unpaired) electrons. The van der Waals surface area contributed by atoms with Gasteiger partial charge in [0.15, 0.2) is 0 Å². The second-order valence-electron chi connectivity index (χ2n) is 3.81. The Balaban J connectivity index is 2.84. The molecule has 14 heavy (non-hydrogen) atoms. The molecule has 0 amide bonds. The highest BCUT2D eigenvalue weighted by Gasteiger charge is 2.12. The highest BCUT2D eigenvalue weighted by atomic mass is 79.9. The van der Waals surface area contributed by atoms with Gasteiger partial charge in [0, 0.05) is 9.50 Å². The molecule has 1 aromatic carbocycles. The Morgan fingerprint density at radius 1 is 1.43 bits per heavy atom. The molecule has 0 aliphatic carbocycles. The van der Waals surface area contributed by atoms with Crippen LogP contribution in [0.4, 0.5) is 0 Å². The number of hydrogen-bond acceptors (Lipinski definition) is 1. The smallest absolute Gasteiger partial charge is 0.0803 e. The predicted octanol–water partition coefficient (Wildman–Crippen LogP) is 4.18. The van der Waals surface area contributed by atoms with Gasteiger partial charge in [0.1, 0.15) is 0 Å². The summed E-state index contributed by atoms with van der Waals surface area (Å²) in [6.45, 7) is 4.18. The molecule has 0 saturated heterocycles. The normalized spacial score (nSPS) is 13.3. The van der Waals surface area contributed by atoms with Gasteiger partial charge in [0.25, 0.3) is 0 Å². The van der Waals surface area contributed by atoms with Gasteiger partial charge in [-0.3, -0.25) is 0 Å². The first-order valence-electron chi connectivity index (χ1n) is 4.63. The van der Waals surface area contributed by atoms with Crippen molar-refractivity contribution in [1.82, 2.24) is 0 Å². The van der Waals surface area contributed by atoms with E-state index in [2.05, 4.69) is 29.8 Å². The van der Waals surface area contributed by atoms with E-state index in [-0.39, 0.29) is 0 Å². The van der Waals surface area contributed by atoms with E-state index in [0.717, 1.165) is 16.5 Å². The minimum atomic E-state index is -0.415. The standard InChI is InChI=1S/C11H14BrClO/c1-7(2)5-11(14)9-4-3-8(13)6-10(9)12/h3-4,6-7,11,14H,5H2,1-2H3. The van der Waals surface area contributed by atoms with Crippen LogP contribution >= 0.6 is 27.5 Å². The van der Waals surface area contributed by atoms with E-state index in [0.29, 0.717) is 10.9 Å². The van der Waals surface area contributed by atoms with E-state index in [1.54, 1.807) is 12.1 Å². The molecule has 0 aliphatic rings. The fourth-order valence-electron chi connectivity index (χ4n) is 1.35. The monoisotopic (exact) mass is 276 g/mol. The van der Waals surface area contributed by atoms with Crippen molar-refractivity contribution in [2.24, 2.45) is 5.92 Å². The second-order valence-corrected chi connectivity index (χ2v) is 5.10. The van der Waals surface area contributed by atoms with E-state index >= 15 is 0 Å². The molecule has 78 valence electrons. The van der Waals surface area contributed by atoms with Crippen molar-refractivity contribution in [2.45, 2.75) is 26.4 Å². The Morgan fingerprint density at radius 2 is 2.07 bits per heavy atom. The SMILES string of the molecule is CC(C)CC(O)c1ccc(Cl)cc1Br. The molecule has 1 atom stereocenters. The Morgan fingerprint density at radius 3 is 2.57 bits per heavy atom. The molecule has 1 nitrogen and oxygen atoms in total. The Bertz CT molecular complexity index is 312. The third kappa shape index (κ3) is 3.26. The lowest BCUT2D eigenvalue weighted by molar-refractivity contribution is 0.150. The van der Waals surface area contributed by atoms with E-state index < -0.39 is 6.10 Å². The van der Waals surface area contributed by atoms with Crippen LogP contribution in [-0.4, -0.2) is 5.11 Å². The van der Waals surface area contributed by atoms with Crippen molar-refractivity contribution in [3.05, 3.63) is 33.3 Å². The van der Waals surface area contributed by atoms with Crippen molar-refractivity contribution in [2.75, 3.05) is 0 Å². The average molecular weight is 278 g/mol. The molecule has 1 aromatic rings. The second kappa shape index (κ2) is 5.15. The minimum absolute atomic E-state index is 0.415. The Labute approximate surface area is 98.2 Å². The van der Waals surface area contributed by atoms with Gasteiger partial charge in [-0.25, -0.2) is 0 Å². The lowest BCUT2D eigenvalue weighted by atomic mass is 10.00. The number of aliphatic hydroxyl groups excluding tert-OH is 1. The summed E-state index contributed by atoms with van der Waals surface area (Å²) in [6, 6.07) is 5.46. The van der Waals surface area contributed by atoms with E-state index in [9.17, 15) is 5.11 Å². The summed E-state index contributed by atoms with van der Waals surface area (Å²) < 4.78 is 0.873. The summed E-state index contributed by atoms with van der Waals surface area (Å²) >= 11 is 9.21. The van der Waals surface area contributed by atoms with Crippen molar-refractivity contribution >= 4 is 27.5 Å². The van der Waals surface area contributed by atoms with E-state index in [4.69, 9.17) is 11.6 Å². The third-order valence-electron chi connectivity index (χ3n) is 2.02. The molecule has 0 heterocycles. The van der Waals surface area contributed by atoms with Crippen LogP contribution in [0.15, 0.2) is 22.7 Å². The average Bonchev–Trinajstić information content (AvgIpc) is 2.01. The molecule has 0 bridgehead atoms. The van der Waals surface area contributed by atoms with Crippen molar-refractivity contribution in [1.29, 1.82) is 0 Å². The van der Waals surface area contributed by atoms with Gasteiger partial charge in [-0.05, 0) is 30.0 Å². The summed E-state index contributed by atoms with van der Waals surface area (Å²) in [5.74, 6) is 0.479. The maximum Gasteiger partial charge on any atom is 0.0803 e. The quantitative estimate of drug-likeness (QED) is 0.878. The molecular formula is C11H14BrClO. The summed E-state index contributed by atoms with van der Waals surface area (Å²) in [5, 5.41) is 10.6. The number of aliphatic hydroxyl groups is 1. The van der Waals surface area contributed by atoms with Crippen LogP contribution in [0.1, 0.15) is 31.9 Å². The van der Waals surface area contributed by atoms with Crippen LogP contribution in [0, 0.1) is 5.92 Å². The molecule has 3 heteroatoms. The van der Waals surface area contributed by atoms with Crippen LogP contribution in [-0.2, 0) is 0 Å². The molecule has 0 saturated carbocycles. The first-order chi connectivity index (χ1) is 6.50. The maximum atomic E-state index is 9.89. The van der Waals surface area contributed by atoms with Crippen molar-refractivity contribution < 1.29 is 5.11 Å². The van der Waals surface area contributed by atoms with Gasteiger partial charge in [-0.2, -0.15) is 0 Å². The predicted molar refractivity (Wildman–Crippen MR) is 63.6 cm³/mol. The molecule has 1 unspecified atom stereocenters. The largest absolute Gasteiger partial charge is 0.388 e. The highest BCUT2D eigenvalue weighted by molar-refractivity contribution is 9.10. The molecule has 1 N–H and O–H groups in total. The van der Waals surface area contributed by atoms with Gasteiger partial charge < -0.3 is 5.11 Å². The third-order valence-corrected chi connectivity index (χ3v) is 2.94. The number of hydrogen-bond donors (Lipinski definition) is 1. The van der Waals surface area contributed by atoms with E-state index in [1.165, 1.54) is 0 Å². The molecular weight excluding hydrogens is 263 g/mol. The van der Waals surface area contributed by atoms with Gasteiger partial charge in [-0.15, -0.1) is 0 Å². The zero-order valence-electron chi connectivity index (χ0n) is 8.30. The van der Waals surface area contributed by atoms with Crippen molar-refractivity contribution in [3.8, 4) is 0 Å². The fourth-order valence-corrected chi connectivity index (χ4v) is 2.29.